The standard InChI is InChI=1S/C7H13F2NO.ClH/c1-10-3-2-7(8,9)6(4-10)5-11;/h6,11H,2-5H2,1H3;1H. The second kappa shape index (κ2) is 4.35. The van der Waals surface area contributed by atoms with Crippen molar-refractivity contribution in [2.24, 2.45) is 5.92 Å². The number of aliphatic hydroxyl groups excluding tert-OH is 1. The van der Waals surface area contributed by atoms with Crippen LogP contribution in [0.4, 0.5) is 8.78 Å². The minimum atomic E-state index is -2.67. The van der Waals surface area contributed by atoms with E-state index in [1.54, 1.807) is 7.05 Å². The topological polar surface area (TPSA) is 23.5 Å². The van der Waals surface area contributed by atoms with Gasteiger partial charge in [-0.15, -0.1) is 12.4 Å². The Kier molecular flexibility index (Phi) is 4.37. The number of halogens is 3. The van der Waals surface area contributed by atoms with Gasteiger partial charge >= 0.3 is 0 Å². The van der Waals surface area contributed by atoms with Gasteiger partial charge in [-0.1, -0.05) is 0 Å². The summed E-state index contributed by atoms with van der Waals surface area (Å²) < 4.78 is 25.7. The molecule has 1 aliphatic rings. The Morgan fingerprint density at radius 2 is 2.17 bits per heavy atom. The summed E-state index contributed by atoms with van der Waals surface area (Å²) in [5, 5.41) is 8.64. The molecule has 5 heteroatoms. The molecule has 0 aromatic heterocycles. The van der Waals surface area contributed by atoms with Crippen LogP contribution >= 0.6 is 12.4 Å². The zero-order valence-corrected chi connectivity index (χ0v) is 7.78. The molecule has 1 saturated heterocycles. The predicted octanol–water partition coefficient (Wildman–Crippen LogP) is 0.987. The van der Waals surface area contributed by atoms with E-state index in [-0.39, 0.29) is 18.8 Å². The molecule has 1 heterocycles. The van der Waals surface area contributed by atoms with Crippen molar-refractivity contribution < 1.29 is 13.9 Å². The summed E-state index contributed by atoms with van der Waals surface area (Å²) in [6.07, 6.45) is -0.130. The fourth-order valence-corrected chi connectivity index (χ4v) is 1.34. The number of hydrogen-bond acceptors (Lipinski definition) is 2. The van der Waals surface area contributed by atoms with Crippen LogP contribution in [0.3, 0.4) is 0 Å². The van der Waals surface area contributed by atoms with Gasteiger partial charge in [0, 0.05) is 19.5 Å². The highest BCUT2D eigenvalue weighted by molar-refractivity contribution is 5.85. The molecule has 0 saturated carbocycles. The number of hydrogen-bond donors (Lipinski definition) is 1. The van der Waals surface area contributed by atoms with Crippen LogP contribution in [0.1, 0.15) is 6.42 Å². The molecule has 12 heavy (non-hydrogen) atoms. The van der Waals surface area contributed by atoms with Crippen LogP contribution in [0.15, 0.2) is 0 Å². The molecule has 2 nitrogen and oxygen atoms in total. The van der Waals surface area contributed by atoms with Gasteiger partial charge in [-0.2, -0.15) is 0 Å². The highest BCUT2D eigenvalue weighted by Gasteiger charge is 2.42. The van der Waals surface area contributed by atoms with E-state index >= 15 is 0 Å². The summed E-state index contributed by atoms with van der Waals surface area (Å²) in [5.74, 6) is -3.54. The van der Waals surface area contributed by atoms with Crippen molar-refractivity contribution in [3.8, 4) is 0 Å². The number of alkyl halides is 2. The molecule has 0 radical (unpaired) electrons. The monoisotopic (exact) mass is 201 g/mol. The molecule has 74 valence electrons. The largest absolute Gasteiger partial charge is 0.396 e. The van der Waals surface area contributed by atoms with E-state index in [0.717, 1.165) is 0 Å². The first-order chi connectivity index (χ1) is 5.06. The van der Waals surface area contributed by atoms with Crippen molar-refractivity contribution in [2.45, 2.75) is 12.3 Å². The fraction of sp³-hybridized carbons (Fsp3) is 1.00. The van der Waals surface area contributed by atoms with Crippen LogP contribution in [0, 0.1) is 5.92 Å². The molecule has 0 aromatic carbocycles. The lowest BCUT2D eigenvalue weighted by atomic mass is 9.95. The zero-order chi connectivity index (χ0) is 8.48. The molecular formula is C7H14ClF2NO. The van der Waals surface area contributed by atoms with Crippen LogP contribution in [0.5, 0.6) is 0 Å². The molecule has 1 N–H and O–H groups in total. The van der Waals surface area contributed by atoms with Crippen LogP contribution < -0.4 is 0 Å². The van der Waals surface area contributed by atoms with E-state index < -0.39 is 18.4 Å². The molecule has 0 aliphatic carbocycles. The van der Waals surface area contributed by atoms with Gasteiger partial charge in [-0.3, -0.25) is 0 Å². The second-order valence-corrected chi connectivity index (χ2v) is 3.15. The number of rotatable bonds is 1. The summed E-state index contributed by atoms with van der Waals surface area (Å²) in [4.78, 5) is 1.82. The van der Waals surface area contributed by atoms with E-state index in [1.165, 1.54) is 0 Å². The maximum absolute atomic E-state index is 12.9. The Hall–Kier alpha value is 0.0700. The first-order valence-corrected chi connectivity index (χ1v) is 3.73. The summed E-state index contributed by atoms with van der Waals surface area (Å²) in [6.45, 7) is 0.296. The van der Waals surface area contributed by atoms with Gasteiger partial charge in [-0.05, 0) is 7.05 Å². The van der Waals surface area contributed by atoms with Crippen molar-refractivity contribution in [1.29, 1.82) is 0 Å². The Labute approximate surface area is 77.0 Å². The average molecular weight is 202 g/mol. The Balaban J connectivity index is 0.00000121. The lowest BCUT2D eigenvalue weighted by Gasteiger charge is -2.35. The molecule has 0 spiro atoms. The minimum Gasteiger partial charge on any atom is -0.396 e. The first-order valence-electron chi connectivity index (χ1n) is 3.73. The van der Waals surface area contributed by atoms with Gasteiger partial charge in [0.05, 0.1) is 12.5 Å². The quantitative estimate of drug-likeness (QED) is 0.684. The predicted molar refractivity (Wildman–Crippen MR) is 44.9 cm³/mol. The molecular weight excluding hydrogens is 188 g/mol. The van der Waals surface area contributed by atoms with E-state index in [4.69, 9.17) is 5.11 Å². The lowest BCUT2D eigenvalue weighted by molar-refractivity contribution is -0.116. The third kappa shape index (κ3) is 2.54. The van der Waals surface area contributed by atoms with E-state index in [1.807, 2.05) is 4.90 Å². The number of piperidine rings is 1. The molecule has 1 aliphatic heterocycles. The SMILES string of the molecule is CN1CCC(F)(F)C(CO)C1.Cl. The van der Waals surface area contributed by atoms with Crippen molar-refractivity contribution in [3.05, 3.63) is 0 Å². The maximum atomic E-state index is 12.9. The van der Waals surface area contributed by atoms with Crippen LogP contribution in [-0.2, 0) is 0 Å². The minimum absolute atomic E-state index is 0. The highest BCUT2D eigenvalue weighted by Crippen LogP contribution is 2.32. The number of likely N-dealkylation sites (tertiary alicyclic amines) is 1. The van der Waals surface area contributed by atoms with E-state index in [9.17, 15) is 8.78 Å². The van der Waals surface area contributed by atoms with Gasteiger partial charge in [-0.25, -0.2) is 8.78 Å². The molecule has 0 bridgehead atoms. The molecule has 1 unspecified atom stereocenters. The van der Waals surface area contributed by atoms with Crippen molar-refractivity contribution in [2.75, 3.05) is 26.7 Å². The first kappa shape index (κ1) is 12.1. The summed E-state index contributed by atoms with van der Waals surface area (Å²) >= 11 is 0. The normalized spacial score (nSPS) is 29.5. The van der Waals surface area contributed by atoms with E-state index in [2.05, 4.69) is 0 Å². The number of nitrogens with zero attached hydrogens (tertiary/aromatic N) is 1. The smallest absolute Gasteiger partial charge is 0.255 e. The summed E-state index contributed by atoms with van der Waals surface area (Å²) in [6, 6.07) is 0. The summed E-state index contributed by atoms with van der Waals surface area (Å²) in [7, 11) is 1.79. The van der Waals surface area contributed by atoms with Crippen LogP contribution in [-0.4, -0.2) is 42.7 Å². The van der Waals surface area contributed by atoms with Crippen LogP contribution in [0.2, 0.25) is 0 Å². The van der Waals surface area contributed by atoms with Crippen LogP contribution in [0.25, 0.3) is 0 Å². The molecule has 1 atom stereocenters. The van der Waals surface area contributed by atoms with Gasteiger partial charge in [0.1, 0.15) is 0 Å². The summed E-state index contributed by atoms with van der Waals surface area (Å²) in [5.41, 5.74) is 0. The molecule has 1 rings (SSSR count). The van der Waals surface area contributed by atoms with Gasteiger partial charge < -0.3 is 10.0 Å². The zero-order valence-electron chi connectivity index (χ0n) is 6.96. The highest BCUT2D eigenvalue weighted by atomic mass is 35.5. The Bertz CT molecular complexity index is 145. The van der Waals surface area contributed by atoms with Crippen molar-refractivity contribution >= 4 is 12.4 Å². The molecule has 0 aromatic rings. The Morgan fingerprint density at radius 3 is 2.58 bits per heavy atom. The molecule has 1 fully saturated rings. The maximum Gasteiger partial charge on any atom is 0.255 e. The molecule has 0 amide bonds. The third-order valence-corrected chi connectivity index (χ3v) is 2.18. The van der Waals surface area contributed by atoms with Crippen molar-refractivity contribution in [3.63, 3.8) is 0 Å². The third-order valence-electron chi connectivity index (χ3n) is 2.18. The van der Waals surface area contributed by atoms with E-state index in [0.29, 0.717) is 13.1 Å². The second-order valence-electron chi connectivity index (χ2n) is 3.15. The van der Waals surface area contributed by atoms with Gasteiger partial charge in [0.2, 0.25) is 0 Å². The van der Waals surface area contributed by atoms with Crippen molar-refractivity contribution in [1.82, 2.24) is 4.90 Å². The Morgan fingerprint density at radius 1 is 1.58 bits per heavy atom. The average Bonchev–Trinajstić information content (AvgIpc) is 1.94. The number of aliphatic hydroxyl groups is 1. The van der Waals surface area contributed by atoms with Gasteiger partial charge in [0.15, 0.2) is 0 Å². The lowest BCUT2D eigenvalue weighted by Crippen LogP contribution is -2.46. The van der Waals surface area contributed by atoms with Gasteiger partial charge in [0.25, 0.3) is 5.92 Å². The fourth-order valence-electron chi connectivity index (χ4n) is 1.34.